The molecule has 12 rings (SSSR count). The van der Waals surface area contributed by atoms with E-state index in [1.807, 2.05) is 0 Å². The molecule has 9 aromatic rings. The summed E-state index contributed by atoms with van der Waals surface area (Å²) in [6.07, 6.45) is -2.94. The monoisotopic (exact) mass is 1430 g/mol. The molecular weight excluding hydrogens is 1370 g/mol. The average Bonchev–Trinajstić information content (AvgIpc) is 1.65. The molecule has 2 fully saturated rings. The predicted octanol–water partition coefficient (Wildman–Crippen LogP) is 9.40. The van der Waals surface area contributed by atoms with E-state index in [-0.39, 0.29) is 70.1 Å². The molecule has 1 saturated heterocycles. The van der Waals surface area contributed by atoms with Gasteiger partial charge >= 0.3 is 18.2 Å². The van der Waals surface area contributed by atoms with Crippen molar-refractivity contribution in [3.8, 4) is 49.1 Å². The zero-order valence-corrected chi connectivity index (χ0v) is 56.9. The fraction of sp³-hybridized carbons (Fsp3) is 0.328. The van der Waals surface area contributed by atoms with Gasteiger partial charge in [-0.2, -0.15) is 0 Å². The highest BCUT2D eigenvalue weighted by molar-refractivity contribution is 7.15. The highest BCUT2D eigenvalue weighted by atomic mass is 32.1. The van der Waals surface area contributed by atoms with E-state index in [2.05, 4.69) is 36.2 Å². The van der Waals surface area contributed by atoms with Crippen molar-refractivity contribution < 1.29 is 67.5 Å². The number of hydrogen-bond donors (Lipinski definition) is 7. The van der Waals surface area contributed by atoms with E-state index in [4.69, 9.17) is 44.6 Å². The highest BCUT2D eigenvalue weighted by Gasteiger charge is 2.46. The van der Waals surface area contributed by atoms with Gasteiger partial charge in [0.1, 0.15) is 100 Å². The molecule has 10 bridgehead atoms. The molecule has 9 heterocycles. The molecule has 7 atom stereocenters. The molecule has 1 saturated carbocycles. The summed E-state index contributed by atoms with van der Waals surface area (Å²) in [5.41, 5.74) is 8.42. The van der Waals surface area contributed by atoms with Crippen molar-refractivity contribution in [1.29, 1.82) is 0 Å². The number of fused-ring (bicyclic) bond motifs is 16. The van der Waals surface area contributed by atoms with E-state index >= 15 is 4.79 Å². The summed E-state index contributed by atoms with van der Waals surface area (Å²) in [5.74, 6) is -4.32. The predicted molar refractivity (Wildman–Crippen MR) is 360 cm³/mol. The van der Waals surface area contributed by atoms with Crippen molar-refractivity contribution in [2.75, 3.05) is 25.6 Å². The number of carbonyl (C=O) groups excluding carboxylic acids is 8. The molecule has 6 amide bonds. The van der Waals surface area contributed by atoms with Crippen LogP contribution in [0, 0.1) is 18.8 Å². The van der Waals surface area contributed by atoms with Crippen LogP contribution < -0.4 is 31.7 Å². The van der Waals surface area contributed by atoms with Gasteiger partial charge in [0.05, 0.1) is 49.9 Å². The summed E-state index contributed by atoms with van der Waals surface area (Å²) < 4.78 is 20.8. The van der Waals surface area contributed by atoms with Crippen molar-refractivity contribution >= 4 is 122 Å². The number of amides is 6. The maximum absolute atomic E-state index is 15.4. The number of benzene rings is 2. The Kier molecular flexibility index (Phi) is 20.6. The number of pyridine rings is 1. The maximum Gasteiger partial charge on any atom is 0.513 e. The molecule has 1 aliphatic carbocycles. The number of methoxy groups -OCH3 is 1. The summed E-state index contributed by atoms with van der Waals surface area (Å²) in [6.45, 7) is 5.03. The van der Waals surface area contributed by atoms with Crippen LogP contribution in [0.3, 0.4) is 0 Å². The Balaban J connectivity index is 0.913. The molecule has 502 valence electrons. The molecule has 27 nitrogen and oxygen atoms in total. The normalized spacial score (nSPS) is 20.9. The summed E-state index contributed by atoms with van der Waals surface area (Å²) in [5, 5.41) is 45.1. The Bertz CT molecular complexity index is 4430. The second-order valence-electron chi connectivity index (χ2n) is 22.9. The van der Waals surface area contributed by atoms with Crippen LogP contribution in [0.5, 0.6) is 5.75 Å². The third-order valence-corrected chi connectivity index (χ3v) is 21.9. The Hall–Kier alpha value is -9.35. The van der Waals surface area contributed by atoms with Crippen LogP contribution in [0.1, 0.15) is 133 Å². The second kappa shape index (κ2) is 29.6. The number of aliphatic hydroxyl groups excluding tert-OH is 2. The number of ether oxygens (including phenoxy) is 4. The Labute approximate surface area is 576 Å². The van der Waals surface area contributed by atoms with Gasteiger partial charge < -0.3 is 55.7 Å². The van der Waals surface area contributed by atoms with Crippen LogP contribution in [-0.4, -0.2) is 136 Å². The minimum atomic E-state index is -1.44. The minimum Gasteiger partial charge on any atom is -0.469 e. The molecule has 3 aliphatic rings. The smallest absolute Gasteiger partial charge is 0.469 e. The number of rotatable bonds is 12. The van der Waals surface area contributed by atoms with Crippen molar-refractivity contribution in [2.24, 2.45) is 17.6 Å². The number of aryl methyl sites for hydroxylation is 1. The number of nitrogens with zero attached hydrogens (tertiary/aromatic N) is 8. The number of thiazole rings is 6. The molecule has 0 unspecified atom stereocenters. The minimum absolute atomic E-state index is 0.0383. The van der Waals surface area contributed by atoms with E-state index in [1.54, 1.807) is 91.5 Å². The summed E-state index contributed by atoms with van der Waals surface area (Å²) in [6, 6.07) is 13.7. The summed E-state index contributed by atoms with van der Waals surface area (Å²) >= 11 is 6.85. The van der Waals surface area contributed by atoms with Gasteiger partial charge in [-0.25, -0.2) is 44.5 Å². The lowest BCUT2D eigenvalue weighted by Gasteiger charge is -2.29. The van der Waals surface area contributed by atoms with E-state index in [0.29, 0.717) is 90.1 Å². The topological polar surface area (TPSA) is 382 Å². The lowest BCUT2D eigenvalue weighted by atomic mass is 9.87. The number of aliphatic hydroxyl groups is 2. The van der Waals surface area contributed by atoms with Crippen molar-refractivity contribution in [3.05, 3.63) is 142 Å². The number of esters is 1. The molecule has 7 aromatic heterocycles. The van der Waals surface area contributed by atoms with Crippen LogP contribution in [0.25, 0.3) is 43.4 Å². The third kappa shape index (κ3) is 15.3. The van der Waals surface area contributed by atoms with E-state index < -0.39 is 96.6 Å². The number of carbonyl (C=O) groups is 8. The fourth-order valence-electron chi connectivity index (χ4n) is 11.4. The first-order valence-electron chi connectivity index (χ1n) is 30.5. The summed E-state index contributed by atoms with van der Waals surface area (Å²) in [7, 11) is 1.35. The fourth-order valence-corrected chi connectivity index (χ4v) is 16.7. The zero-order chi connectivity index (χ0) is 68.2. The largest absolute Gasteiger partial charge is 0.513 e. The number of primary amides is 1. The van der Waals surface area contributed by atoms with Gasteiger partial charge in [-0.15, -0.1) is 68.0 Å². The van der Waals surface area contributed by atoms with Gasteiger partial charge in [0.15, 0.2) is 0 Å². The number of nitrogens with one attached hydrogen (secondary N) is 4. The molecule has 8 N–H and O–H groups in total. The Morgan fingerprint density at radius 3 is 2.10 bits per heavy atom. The quantitative estimate of drug-likeness (QED) is 0.0340. The SMILES string of the molecule is CCOC(=O)Oc1ccc(C[C@@H]2NC(=O)c3csc(n3)[C@H]([C@H](O)c3ccccc3)NC(=O)c3nc(sc3C)[C@H](CC(N)=O)NC(=O)c3csc(n3)-c3ccc(-c4nc(NC(=O)OC5CCC(C(=O)OC)CC5)cs4)nc3-c3csc(n3)-c3csc(n3)[C@@H]3[C@@H](C)[C@@H](O)CN3C2=O)cc1. The lowest BCUT2D eigenvalue weighted by Crippen LogP contribution is -2.50. The average molecular weight is 1430 g/mol. The van der Waals surface area contributed by atoms with Crippen molar-refractivity contribution in [2.45, 2.75) is 102 Å². The standard InChI is InChI=1S/C64H61N13O14S6/c1-5-89-64(87)91-35-15-11-31(12-16-35)21-39-61(84)77-23-44(78)29(2)50(77)60-72-43(27-95-60)57-69-40(24-93-57)48-36(19-20-37(66-48)56-73-46(28-96-56)74-63(86)90-34-17-13-33(14-18-34)62(85)88-4)55-70-41(25-92-55)52(81)67-38(22-45(65)79)58-76-47(30(3)97-58)54(83)75-49(51(80)32-9-7-6-8-10-32)59-71-42(26-94-59)53(82)68-39/h6-12,15-16,19-20,24-29,33-34,38-39,44,49-51,78,80H,5,13-14,17-18,21-23H2,1-4H3,(H2,65,79)(H,67,81)(H,68,82)(H,74,86)(H,75,83)/t29-,33?,34?,38-,39-,44-,49-,50-,51+/m0/s1. The van der Waals surface area contributed by atoms with Crippen LogP contribution in [-0.2, 0) is 35.0 Å². The van der Waals surface area contributed by atoms with Crippen molar-refractivity contribution in [3.63, 3.8) is 0 Å². The lowest BCUT2D eigenvalue weighted by molar-refractivity contribution is -0.147. The van der Waals surface area contributed by atoms with Gasteiger partial charge in [-0.1, -0.05) is 49.4 Å². The number of aromatic nitrogens is 7. The molecule has 97 heavy (non-hydrogen) atoms. The molecular formula is C64H61N13O14S6. The number of anilines is 1. The molecule has 2 aliphatic heterocycles. The van der Waals surface area contributed by atoms with E-state index in [9.17, 15) is 43.8 Å². The van der Waals surface area contributed by atoms with Gasteiger partial charge in [0.25, 0.3) is 17.7 Å². The van der Waals surface area contributed by atoms with E-state index in [0.717, 1.165) is 34.0 Å². The Morgan fingerprint density at radius 2 is 1.36 bits per heavy atom. The molecule has 33 heteroatoms. The van der Waals surface area contributed by atoms with Gasteiger partial charge in [-0.3, -0.25) is 34.1 Å². The van der Waals surface area contributed by atoms with Crippen LogP contribution in [0.4, 0.5) is 15.4 Å². The van der Waals surface area contributed by atoms with Crippen LogP contribution in [0.2, 0.25) is 0 Å². The van der Waals surface area contributed by atoms with Gasteiger partial charge in [0, 0.05) is 56.2 Å². The molecule has 0 spiro atoms. The van der Waals surface area contributed by atoms with E-state index in [1.165, 1.54) is 68.9 Å². The molecule has 2 aromatic carbocycles. The third-order valence-electron chi connectivity index (χ3n) is 16.4. The second-order valence-corrected chi connectivity index (χ2v) is 28.4. The van der Waals surface area contributed by atoms with Gasteiger partial charge in [-0.05, 0) is 74.9 Å². The number of nitrogens with two attached hydrogens (primary N) is 1. The highest BCUT2D eigenvalue weighted by Crippen LogP contribution is 2.43. The first-order valence-corrected chi connectivity index (χ1v) is 35.7. The van der Waals surface area contributed by atoms with Crippen molar-refractivity contribution in [1.82, 2.24) is 55.7 Å². The number of hydrogen-bond acceptors (Lipinski definition) is 27. The van der Waals surface area contributed by atoms with Crippen LogP contribution >= 0.6 is 68.0 Å². The van der Waals surface area contributed by atoms with Crippen LogP contribution in [0.15, 0.2) is 93.6 Å². The zero-order valence-electron chi connectivity index (χ0n) is 52.0. The summed E-state index contributed by atoms with van der Waals surface area (Å²) in [4.78, 5) is 145. The Morgan fingerprint density at radius 1 is 0.701 bits per heavy atom. The first-order chi connectivity index (χ1) is 46.8. The first kappa shape index (κ1) is 67.6. The maximum atomic E-state index is 15.4. The van der Waals surface area contributed by atoms with Gasteiger partial charge in [0.2, 0.25) is 11.8 Å². The molecule has 0 radical (unpaired) electrons.